The van der Waals surface area contributed by atoms with E-state index in [2.05, 4.69) is 37.8 Å². The van der Waals surface area contributed by atoms with Crippen molar-refractivity contribution in [3.8, 4) is 5.75 Å². The van der Waals surface area contributed by atoms with Crippen molar-refractivity contribution in [1.29, 1.82) is 0 Å². The van der Waals surface area contributed by atoms with Gasteiger partial charge in [0, 0.05) is 58.0 Å². The molecule has 1 aliphatic rings. The number of nitrogens with two attached hydrogens (primary N) is 1. The molecule has 3 rings (SSSR count). The summed E-state index contributed by atoms with van der Waals surface area (Å²) in [5.41, 5.74) is 7.34. The Kier molecular flexibility index (Phi) is 11.3. The van der Waals surface area contributed by atoms with E-state index in [4.69, 9.17) is 15.2 Å². The molecule has 0 aliphatic carbocycles. The molecule has 0 amide bonds. The fourth-order valence-corrected chi connectivity index (χ4v) is 3.88. The molecular weight excluding hydrogens is 527 g/mol. The highest BCUT2D eigenvalue weighted by atomic mass is 127. The van der Waals surface area contributed by atoms with Gasteiger partial charge in [0.05, 0.1) is 13.2 Å². The smallest absolute Gasteiger partial charge is 0.191 e. The van der Waals surface area contributed by atoms with Gasteiger partial charge in [-0.25, -0.2) is 9.98 Å². The van der Waals surface area contributed by atoms with Crippen molar-refractivity contribution in [2.45, 2.75) is 6.54 Å². The molecule has 0 unspecified atom stereocenters. The SMILES string of the molecule is COCCN(C)CCOc1cccc(CN=C(N)N2CCN(c3nccs3)CC2)c1.I. The van der Waals surface area contributed by atoms with Crippen LogP contribution in [0, 0.1) is 0 Å². The molecule has 2 heterocycles. The van der Waals surface area contributed by atoms with Crippen LogP contribution in [0.5, 0.6) is 5.75 Å². The van der Waals surface area contributed by atoms with Gasteiger partial charge < -0.3 is 29.9 Å². The Morgan fingerprint density at radius 1 is 1.23 bits per heavy atom. The van der Waals surface area contributed by atoms with Gasteiger partial charge in [-0.1, -0.05) is 12.1 Å². The Morgan fingerprint density at radius 2 is 2.00 bits per heavy atom. The normalized spacial score (nSPS) is 14.6. The number of hydrogen-bond acceptors (Lipinski definition) is 7. The van der Waals surface area contributed by atoms with Crippen LogP contribution in [0.4, 0.5) is 5.13 Å². The molecular formula is C21H33IN6O2S. The summed E-state index contributed by atoms with van der Waals surface area (Å²) in [7, 11) is 3.78. The van der Waals surface area contributed by atoms with Crippen LogP contribution in [-0.2, 0) is 11.3 Å². The lowest BCUT2D eigenvalue weighted by Gasteiger charge is -2.35. The maximum Gasteiger partial charge on any atom is 0.191 e. The number of methoxy groups -OCH3 is 1. The summed E-state index contributed by atoms with van der Waals surface area (Å²) in [6.45, 7) is 7.19. The zero-order valence-corrected chi connectivity index (χ0v) is 21.4. The fraction of sp³-hybridized carbons (Fsp3) is 0.524. The van der Waals surface area contributed by atoms with Crippen LogP contribution in [0.3, 0.4) is 0 Å². The molecule has 10 heteroatoms. The number of rotatable bonds is 10. The average Bonchev–Trinajstić information content (AvgIpc) is 3.31. The second-order valence-corrected chi connectivity index (χ2v) is 8.13. The molecule has 1 saturated heterocycles. The second-order valence-electron chi connectivity index (χ2n) is 7.26. The second kappa shape index (κ2) is 13.7. The summed E-state index contributed by atoms with van der Waals surface area (Å²) >= 11 is 1.67. The Labute approximate surface area is 206 Å². The molecule has 1 fully saturated rings. The van der Waals surface area contributed by atoms with Gasteiger partial charge in [-0.3, -0.25) is 0 Å². The van der Waals surface area contributed by atoms with Crippen molar-refractivity contribution in [1.82, 2.24) is 14.8 Å². The minimum Gasteiger partial charge on any atom is -0.492 e. The zero-order valence-electron chi connectivity index (χ0n) is 18.3. The topological polar surface area (TPSA) is 79.5 Å². The Hall–Kier alpha value is -1.63. The predicted octanol–water partition coefficient (Wildman–Crippen LogP) is 2.36. The first kappa shape index (κ1) is 25.6. The van der Waals surface area contributed by atoms with Crippen LogP contribution in [0.1, 0.15) is 5.56 Å². The van der Waals surface area contributed by atoms with Crippen LogP contribution in [0.15, 0.2) is 40.8 Å². The monoisotopic (exact) mass is 560 g/mol. The van der Waals surface area contributed by atoms with Crippen LogP contribution in [0.25, 0.3) is 0 Å². The van der Waals surface area contributed by atoms with Crippen LogP contribution >= 0.6 is 35.3 Å². The number of thiazole rings is 1. The third-order valence-electron chi connectivity index (χ3n) is 5.03. The largest absolute Gasteiger partial charge is 0.492 e. The van der Waals surface area contributed by atoms with Crippen molar-refractivity contribution >= 4 is 46.4 Å². The highest BCUT2D eigenvalue weighted by molar-refractivity contribution is 14.0. The lowest BCUT2D eigenvalue weighted by Crippen LogP contribution is -2.51. The molecule has 2 aromatic rings. The molecule has 1 aromatic carbocycles. The van der Waals surface area contributed by atoms with E-state index in [1.165, 1.54) is 0 Å². The van der Waals surface area contributed by atoms with Gasteiger partial charge in [0.1, 0.15) is 12.4 Å². The van der Waals surface area contributed by atoms with Crippen molar-refractivity contribution in [3.63, 3.8) is 0 Å². The van der Waals surface area contributed by atoms with E-state index in [-0.39, 0.29) is 24.0 Å². The van der Waals surface area contributed by atoms with E-state index in [0.717, 1.165) is 62.3 Å². The first-order valence-electron chi connectivity index (χ1n) is 10.2. The molecule has 8 nitrogen and oxygen atoms in total. The van der Waals surface area contributed by atoms with Gasteiger partial charge in [0.25, 0.3) is 0 Å². The third-order valence-corrected chi connectivity index (χ3v) is 5.87. The van der Waals surface area contributed by atoms with Gasteiger partial charge in [-0.05, 0) is 24.7 Å². The number of aromatic nitrogens is 1. The van der Waals surface area contributed by atoms with Gasteiger partial charge in [-0.2, -0.15) is 0 Å². The van der Waals surface area contributed by atoms with E-state index in [1.807, 2.05) is 29.8 Å². The minimum atomic E-state index is 0. The summed E-state index contributed by atoms with van der Waals surface area (Å²) < 4.78 is 11.0. The lowest BCUT2D eigenvalue weighted by atomic mass is 10.2. The zero-order chi connectivity index (χ0) is 21.2. The van der Waals surface area contributed by atoms with Crippen molar-refractivity contribution in [3.05, 3.63) is 41.4 Å². The molecule has 1 aliphatic heterocycles. The van der Waals surface area contributed by atoms with Gasteiger partial charge in [0.15, 0.2) is 11.1 Å². The Bertz CT molecular complexity index is 784. The van der Waals surface area contributed by atoms with E-state index in [1.54, 1.807) is 18.4 Å². The number of anilines is 1. The molecule has 31 heavy (non-hydrogen) atoms. The average molecular weight is 561 g/mol. The van der Waals surface area contributed by atoms with Crippen molar-refractivity contribution in [2.75, 3.05) is 71.5 Å². The summed E-state index contributed by atoms with van der Waals surface area (Å²) in [6.07, 6.45) is 1.85. The highest BCUT2D eigenvalue weighted by Gasteiger charge is 2.19. The van der Waals surface area contributed by atoms with Crippen molar-refractivity contribution in [2.24, 2.45) is 10.7 Å². The van der Waals surface area contributed by atoms with Gasteiger partial charge in [0.2, 0.25) is 0 Å². The van der Waals surface area contributed by atoms with E-state index < -0.39 is 0 Å². The Morgan fingerprint density at radius 3 is 2.71 bits per heavy atom. The predicted molar refractivity (Wildman–Crippen MR) is 138 cm³/mol. The number of likely N-dealkylation sites (N-methyl/N-ethyl adjacent to an activating group) is 1. The summed E-state index contributed by atoms with van der Waals surface area (Å²) in [5.74, 6) is 1.46. The number of aliphatic imine (C=N–C) groups is 1. The van der Waals surface area contributed by atoms with Gasteiger partial charge in [-0.15, -0.1) is 35.3 Å². The third kappa shape index (κ3) is 8.43. The van der Waals surface area contributed by atoms with E-state index >= 15 is 0 Å². The number of nitrogens with zero attached hydrogens (tertiary/aromatic N) is 5. The molecule has 1 aromatic heterocycles. The molecule has 2 N–H and O–H groups in total. The maximum atomic E-state index is 6.25. The molecule has 0 bridgehead atoms. The number of hydrogen-bond donors (Lipinski definition) is 1. The summed E-state index contributed by atoms with van der Waals surface area (Å²) in [6, 6.07) is 8.06. The minimum absolute atomic E-state index is 0. The van der Waals surface area contributed by atoms with Crippen molar-refractivity contribution < 1.29 is 9.47 Å². The maximum absolute atomic E-state index is 6.25. The Balaban J connectivity index is 0.00000341. The van der Waals surface area contributed by atoms with Crippen LogP contribution in [-0.4, -0.2) is 87.4 Å². The summed E-state index contributed by atoms with van der Waals surface area (Å²) in [4.78, 5) is 15.6. The molecule has 0 saturated carbocycles. The van der Waals surface area contributed by atoms with Crippen LogP contribution < -0.4 is 15.4 Å². The lowest BCUT2D eigenvalue weighted by molar-refractivity contribution is 0.150. The number of benzene rings is 1. The molecule has 0 radical (unpaired) electrons. The highest BCUT2D eigenvalue weighted by Crippen LogP contribution is 2.19. The molecule has 0 atom stereocenters. The van der Waals surface area contributed by atoms with E-state index in [9.17, 15) is 0 Å². The first-order valence-corrected chi connectivity index (χ1v) is 11.1. The van der Waals surface area contributed by atoms with Gasteiger partial charge >= 0.3 is 0 Å². The number of halogens is 1. The standard InChI is InChI=1S/C21H32N6O2S.HI/c1-25(11-13-28-2)12-14-29-19-5-3-4-18(16-19)17-24-20(22)26-7-9-27(10-8-26)21-23-6-15-30-21;/h3-6,15-16H,7-14,17H2,1-2H3,(H2,22,24);1H. The van der Waals surface area contributed by atoms with Crippen LogP contribution in [0.2, 0.25) is 0 Å². The number of piperazine rings is 1. The number of guanidine groups is 1. The quantitative estimate of drug-likeness (QED) is 0.272. The fourth-order valence-electron chi connectivity index (χ4n) is 3.18. The first-order chi connectivity index (χ1) is 14.7. The molecule has 0 spiro atoms. The summed E-state index contributed by atoms with van der Waals surface area (Å²) in [5, 5.41) is 3.08. The molecule has 172 valence electrons. The van der Waals surface area contributed by atoms with E-state index in [0.29, 0.717) is 19.1 Å². The number of ether oxygens (including phenoxy) is 2.